The van der Waals surface area contributed by atoms with E-state index >= 15 is 0 Å². The van der Waals surface area contributed by atoms with E-state index in [9.17, 15) is 9.59 Å². The number of para-hydroxylation sites is 1. The van der Waals surface area contributed by atoms with Gasteiger partial charge in [-0.15, -0.1) is 0 Å². The fraction of sp³-hybridized carbons (Fsp3) is 0.238. The molecule has 0 fully saturated rings. The topological polar surface area (TPSA) is 63.4 Å². The van der Waals surface area contributed by atoms with E-state index in [4.69, 9.17) is 5.73 Å². The van der Waals surface area contributed by atoms with Gasteiger partial charge in [0.15, 0.2) is 0 Å². The second kappa shape index (κ2) is 7.67. The molecule has 3 rings (SSSR count). The van der Waals surface area contributed by atoms with Crippen LogP contribution < -0.4 is 10.6 Å². The molecule has 126 valence electrons. The highest BCUT2D eigenvalue weighted by Gasteiger charge is 2.20. The molecule has 0 radical (unpaired) electrons. The van der Waals surface area contributed by atoms with Gasteiger partial charge in [0.1, 0.15) is 0 Å². The summed E-state index contributed by atoms with van der Waals surface area (Å²) >= 11 is 0. The van der Waals surface area contributed by atoms with Crippen molar-refractivity contribution in [3.63, 3.8) is 0 Å². The Morgan fingerprint density at radius 1 is 0.920 bits per heavy atom. The first-order chi connectivity index (χ1) is 12.1. The van der Waals surface area contributed by atoms with Gasteiger partial charge in [0, 0.05) is 24.0 Å². The summed E-state index contributed by atoms with van der Waals surface area (Å²) in [5.41, 5.74) is 8.83. The van der Waals surface area contributed by atoms with E-state index < -0.39 is 0 Å². The number of nitrogens with zero attached hydrogens (tertiary/aromatic N) is 1. The van der Waals surface area contributed by atoms with Crippen LogP contribution in [-0.4, -0.2) is 11.8 Å². The van der Waals surface area contributed by atoms with E-state index in [-0.39, 0.29) is 11.8 Å². The van der Waals surface area contributed by atoms with Crippen molar-refractivity contribution in [3.05, 3.63) is 65.2 Å². The van der Waals surface area contributed by atoms with E-state index in [2.05, 4.69) is 11.8 Å². The molecule has 0 bridgehead atoms. The Labute approximate surface area is 147 Å². The molecule has 2 amide bonds. The van der Waals surface area contributed by atoms with Gasteiger partial charge in [-0.3, -0.25) is 9.59 Å². The molecule has 1 aliphatic rings. The minimum atomic E-state index is -0.326. The highest BCUT2D eigenvalue weighted by atomic mass is 16.2. The maximum Gasteiger partial charge on any atom is 0.227 e. The minimum absolute atomic E-state index is 0.0374. The highest BCUT2D eigenvalue weighted by Crippen LogP contribution is 2.26. The molecular formula is C21H20N2O2. The van der Waals surface area contributed by atoms with Gasteiger partial charge in [0.25, 0.3) is 0 Å². The lowest BCUT2D eigenvalue weighted by molar-refractivity contribution is -0.120. The Bertz CT molecular complexity index is 861. The number of amides is 2. The summed E-state index contributed by atoms with van der Waals surface area (Å²) in [5, 5.41) is 0. The van der Waals surface area contributed by atoms with Crippen molar-refractivity contribution in [1.82, 2.24) is 0 Å². The van der Waals surface area contributed by atoms with E-state index in [1.165, 1.54) is 0 Å². The van der Waals surface area contributed by atoms with Crippen molar-refractivity contribution in [3.8, 4) is 11.8 Å². The van der Waals surface area contributed by atoms with Crippen LogP contribution in [0, 0.1) is 11.8 Å². The molecule has 0 aromatic heterocycles. The molecule has 25 heavy (non-hydrogen) atoms. The third kappa shape index (κ3) is 4.07. The molecule has 2 N–H and O–H groups in total. The molecule has 0 saturated heterocycles. The molecular weight excluding hydrogens is 312 g/mol. The van der Waals surface area contributed by atoms with Crippen LogP contribution >= 0.6 is 0 Å². The fourth-order valence-electron chi connectivity index (χ4n) is 2.92. The molecule has 1 aliphatic heterocycles. The van der Waals surface area contributed by atoms with E-state index in [1.807, 2.05) is 48.5 Å². The van der Waals surface area contributed by atoms with Gasteiger partial charge < -0.3 is 10.6 Å². The number of fused-ring (bicyclic) bond motifs is 2. The largest absolute Gasteiger partial charge is 0.370 e. The smallest absolute Gasteiger partial charge is 0.227 e. The lowest BCUT2D eigenvalue weighted by Gasteiger charge is -2.26. The number of benzene rings is 2. The molecule has 0 unspecified atom stereocenters. The number of anilines is 1. The Morgan fingerprint density at radius 3 is 2.36 bits per heavy atom. The summed E-state index contributed by atoms with van der Waals surface area (Å²) in [6.07, 6.45) is 1.98. The van der Waals surface area contributed by atoms with Gasteiger partial charge >= 0.3 is 0 Å². The third-order valence-electron chi connectivity index (χ3n) is 4.24. The van der Waals surface area contributed by atoms with Gasteiger partial charge in [-0.25, -0.2) is 0 Å². The second-order valence-electron chi connectivity index (χ2n) is 6.08. The van der Waals surface area contributed by atoms with Gasteiger partial charge in [-0.1, -0.05) is 42.2 Å². The molecule has 4 nitrogen and oxygen atoms in total. The van der Waals surface area contributed by atoms with Crippen molar-refractivity contribution in [2.24, 2.45) is 5.73 Å². The number of carbonyl (C=O) groups excluding carboxylic acids is 2. The fourth-order valence-corrected chi connectivity index (χ4v) is 2.92. The average Bonchev–Trinajstić information content (AvgIpc) is 2.60. The van der Waals surface area contributed by atoms with Gasteiger partial charge in [0.05, 0.1) is 12.2 Å². The zero-order valence-electron chi connectivity index (χ0n) is 14.0. The monoisotopic (exact) mass is 332 g/mol. The van der Waals surface area contributed by atoms with Crippen molar-refractivity contribution in [2.75, 3.05) is 4.90 Å². The van der Waals surface area contributed by atoms with Gasteiger partial charge in [0.2, 0.25) is 11.8 Å². The Balaban J connectivity index is 1.87. The number of hydrogen-bond donors (Lipinski definition) is 1. The first kappa shape index (κ1) is 16.8. The van der Waals surface area contributed by atoms with Crippen LogP contribution in [0.25, 0.3) is 0 Å². The Hall–Kier alpha value is -3.06. The summed E-state index contributed by atoms with van der Waals surface area (Å²) in [4.78, 5) is 25.5. The van der Waals surface area contributed by atoms with Crippen molar-refractivity contribution >= 4 is 17.5 Å². The quantitative estimate of drug-likeness (QED) is 0.676. The zero-order valence-corrected chi connectivity index (χ0v) is 14.0. The maximum atomic E-state index is 12.8. The summed E-state index contributed by atoms with van der Waals surface area (Å²) in [6, 6.07) is 15.6. The number of hydrogen-bond acceptors (Lipinski definition) is 2. The summed E-state index contributed by atoms with van der Waals surface area (Å²) in [6.45, 7) is 0.497. The second-order valence-corrected chi connectivity index (χ2v) is 6.08. The summed E-state index contributed by atoms with van der Waals surface area (Å²) in [7, 11) is 0. The van der Waals surface area contributed by atoms with Crippen LogP contribution in [0.15, 0.2) is 48.5 Å². The first-order valence-corrected chi connectivity index (χ1v) is 8.43. The predicted molar refractivity (Wildman–Crippen MR) is 97.7 cm³/mol. The lowest BCUT2D eigenvalue weighted by Crippen LogP contribution is -2.31. The summed E-state index contributed by atoms with van der Waals surface area (Å²) in [5.74, 6) is 6.10. The van der Waals surface area contributed by atoms with Crippen molar-refractivity contribution in [2.45, 2.75) is 32.2 Å². The van der Waals surface area contributed by atoms with E-state index in [0.717, 1.165) is 22.4 Å². The molecule has 0 saturated carbocycles. The van der Waals surface area contributed by atoms with Gasteiger partial charge in [-0.2, -0.15) is 0 Å². The number of unbranched alkanes of at least 4 members (excludes halogenated alkanes) is 1. The van der Waals surface area contributed by atoms with Crippen LogP contribution in [0.4, 0.5) is 5.69 Å². The lowest BCUT2D eigenvalue weighted by atomic mass is 10.0. The van der Waals surface area contributed by atoms with E-state index in [1.54, 1.807) is 4.90 Å². The van der Waals surface area contributed by atoms with Crippen molar-refractivity contribution < 1.29 is 9.59 Å². The normalized spacial score (nSPS) is 12.1. The molecule has 0 aliphatic carbocycles. The summed E-state index contributed by atoms with van der Waals surface area (Å²) < 4.78 is 0. The van der Waals surface area contributed by atoms with Crippen LogP contribution in [0.5, 0.6) is 0 Å². The molecule has 2 aromatic carbocycles. The highest BCUT2D eigenvalue weighted by molar-refractivity contribution is 5.95. The molecule has 0 atom stereocenters. The first-order valence-electron chi connectivity index (χ1n) is 8.43. The number of primary amides is 1. The number of carbonyl (C=O) groups is 2. The van der Waals surface area contributed by atoms with Crippen LogP contribution in [0.1, 0.15) is 42.4 Å². The van der Waals surface area contributed by atoms with Crippen LogP contribution in [0.3, 0.4) is 0 Å². The molecule has 2 aromatic rings. The Kier molecular flexibility index (Phi) is 5.15. The SMILES string of the molecule is NC(=O)CCCCC(=O)N1Cc2ccccc2C#Cc2ccccc21. The molecule has 0 spiro atoms. The Morgan fingerprint density at radius 2 is 1.56 bits per heavy atom. The molecule has 1 heterocycles. The third-order valence-corrected chi connectivity index (χ3v) is 4.24. The van der Waals surface area contributed by atoms with Crippen molar-refractivity contribution in [1.29, 1.82) is 0 Å². The number of nitrogens with two attached hydrogens (primary N) is 1. The van der Waals surface area contributed by atoms with Crippen LogP contribution in [0.2, 0.25) is 0 Å². The standard InChI is InChI=1S/C21H20N2O2/c22-20(24)11-5-6-12-21(25)23-15-18-9-2-1-7-16(18)13-14-17-8-3-4-10-19(17)23/h1-4,7-10H,5-6,11-12,15H2,(H2,22,24). The van der Waals surface area contributed by atoms with Crippen LogP contribution in [-0.2, 0) is 16.1 Å². The van der Waals surface area contributed by atoms with E-state index in [0.29, 0.717) is 32.2 Å². The number of rotatable bonds is 5. The minimum Gasteiger partial charge on any atom is -0.370 e. The zero-order chi connectivity index (χ0) is 17.6. The predicted octanol–water partition coefficient (Wildman–Crippen LogP) is 2.98. The maximum absolute atomic E-state index is 12.8. The van der Waals surface area contributed by atoms with Gasteiger partial charge in [-0.05, 0) is 36.6 Å². The molecule has 4 heteroatoms. The average molecular weight is 332 g/mol.